The van der Waals surface area contributed by atoms with E-state index in [4.69, 9.17) is 11.6 Å². The van der Waals surface area contributed by atoms with Crippen LogP contribution >= 0.6 is 11.6 Å². The predicted octanol–water partition coefficient (Wildman–Crippen LogP) is 3.48. The monoisotopic (exact) mass is 292 g/mol. The summed E-state index contributed by atoms with van der Waals surface area (Å²) in [6.45, 7) is 0. The van der Waals surface area contributed by atoms with Crippen LogP contribution in [-0.2, 0) is 0 Å². The maximum atomic E-state index is 12.6. The quantitative estimate of drug-likeness (QED) is 0.370. The third-order valence-electron chi connectivity index (χ3n) is 1.64. The normalized spacial score (nSPS) is 11.7. The molecular formula is C7H2ClF5N2O3. The lowest BCUT2D eigenvalue weighted by Gasteiger charge is -2.13. The highest BCUT2D eigenvalue weighted by molar-refractivity contribution is 6.31. The van der Waals surface area contributed by atoms with E-state index in [1.54, 1.807) is 0 Å². The van der Waals surface area contributed by atoms with Gasteiger partial charge in [-0.3, -0.25) is 10.1 Å². The Morgan fingerprint density at radius 1 is 1.44 bits per heavy atom. The lowest BCUT2D eigenvalue weighted by Crippen LogP contribution is -2.19. The molecule has 1 aromatic heterocycles. The summed E-state index contributed by atoms with van der Waals surface area (Å²) >= 11 is 5.16. The van der Waals surface area contributed by atoms with Crippen LogP contribution in [-0.4, -0.2) is 16.3 Å². The highest BCUT2D eigenvalue weighted by atomic mass is 35.5. The highest BCUT2D eigenvalue weighted by Crippen LogP contribution is 2.42. The molecule has 0 atom stereocenters. The Bertz CT molecular complexity index is 479. The summed E-state index contributed by atoms with van der Waals surface area (Å²) in [7, 11) is 0. The van der Waals surface area contributed by atoms with Gasteiger partial charge in [0, 0.05) is 0 Å². The molecule has 1 aromatic rings. The molecule has 0 spiro atoms. The summed E-state index contributed by atoms with van der Waals surface area (Å²) in [6.07, 6.45) is -8.58. The van der Waals surface area contributed by atoms with Crippen molar-refractivity contribution < 1.29 is 31.6 Å². The molecule has 100 valence electrons. The summed E-state index contributed by atoms with van der Waals surface area (Å²) in [4.78, 5) is 12.1. The van der Waals surface area contributed by atoms with Crippen LogP contribution < -0.4 is 4.74 Å². The number of halogens is 6. The number of hydrogen-bond acceptors (Lipinski definition) is 4. The molecule has 0 saturated carbocycles. The Morgan fingerprint density at radius 2 is 2.00 bits per heavy atom. The van der Waals surface area contributed by atoms with Gasteiger partial charge in [-0.1, -0.05) is 11.6 Å². The minimum absolute atomic E-state index is 0.326. The third-order valence-corrected chi connectivity index (χ3v) is 1.91. The van der Waals surface area contributed by atoms with Crippen molar-refractivity contribution in [3.8, 4) is 5.75 Å². The molecule has 1 rings (SSSR count). The average Bonchev–Trinajstić information content (AvgIpc) is 2.17. The van der Waals surface area contributed by atoms with Crippen LogP contribution in [0.3, 0.4) is 0 Å². The maximum absolute atomic E-state index is 12.6. The third kappa shape index (κ3) is 3.15. The standard InChI is InChI=1S/C7H2ClF5N2O3/c8-5-4(18-7(11,12)13)3(6(9)10)2(1-14-5)15(16)17/h1,6H. The second kappa shape index (κ2) is 4.88. The zero-order chi connectivity index (χ0) is 14.1. The van der Waals surface area contributed by atoms with Crippen molar-refractivity contribution in [2.45, 2.75) is 12.8 Å². The van der Waals surface area contributed by atoms with Crippen molar-refractivity contribution in [2.24, 2.45) is 0 Å². The summed E-state index contributed by atoms with van der Waals surface area (Å²) in [6, 6.07) is 0. The Labute approximate surface area is 100 Å². The molecule has 5 nitrogen and oxygen atoms in total. The molecule has 0 radical (unpaired) electrons. The van der Waals surface area contributed by atoms with Gasteiger partial charge in [0.1, 0.15) is 11.8 Å². The van der Waals surface area contributed by atoms with Crippen LogP contribution in [0.5, 0.6) is 5.75 Å². The molecule has 0 aliphatic heterocycles. The number of alkyl halides is 5. The molecular weight excluding hydrogens is 291 g/mol. The van der Waals surface area contributed by atoms with Crippen LogP contribution in [0.25, 0.3) is 0 Å². The minimum atomic E-state index is -5.33. The Kier molecular flexibility index (Phi) is 3.89. The lowest BCUT2D eigenvalue weighted by molar-refractivity contribution is -0.386. The molecule has 0 unspecified atom stereocenters. The molecule has 11 heteroatoms. The summed E-state index contributed by atoms with van der Waals surface area (Å²) in [5.41, 5.74) is -2.88. The number of nitrogens with zero attached hydrogens (tertiary/aromatic N) is 2. The fraction of sp³-hybridized carbons (Fsp3) is 0.286. The highest BCUT2D eigenvalue weighted by Gasteiger charge is 2.38. The van der Waals surface area contributed by atoms with Gasteiger partial charge in [0.05, 0.1) is 4.92 Å². The van der Waals surface area contributed by atoms with E-state index in [0.717, 1.165) is 0 Å². The largest absolute Gasteiger partial charge is 0.573 e. The van der Waals surface area contributed by atoms with Gasteiger partial charge in [0.25, 0.3) is 12.1 Å². The fourth-order valence-corrected chi connectivity index (χ4v) is 1.23. The van der Waals surface area contributed by atoms with Crippen LogP contribution in [0, 0.1) is 10.1 Å². The summed E-state index contributed by atoms with van der Waals surface area (Å²) in [5, 5.41) is 9.36. The van der Waals surface area contributed by atoms with Gasteiger partial charge in [-0.2, -0.15) is 0 Å². The molecule has 0 aliphatic carbocycles. The lowest BCUT2D eigenvalue weighted by atomic mass is 10.2. The van der Waals surface area contributed by atoms with Gasteiger partial charge in [0.2, 0.25) is 0 Å². The summed E-state index contributed by atoms with van der Waals surface area (Å²) < 4.78 is 64.3. The van der Waals surface area contributed by atoms with Crippen LogP contribution in [0.15, 0.2) is 6.20 Å². The van der Waals surface area contributed by atoms with Crippen molar-refractivity contribution in [3.63, 3.8) is 0 Å². The smallest absolute Gasteiger partial charge is 0.402 e. The Morgan fingerprint density at radius 3 is 2.39 bits per heavy atom. The number of nitro groups is 1. The van der Waals surface area contributed by atoms with Crippen LogP contribution in [0.1, 0.15) is 12.0 Å². The number of hydrogen-bond donors (Lipinski definition) is 0. The zero-order valence-corrected chi connectivity index (χ0v) is 8.80. The van der Waals surface area contributed by atoms with E-state index in [-0.39, 0.29) is 0 Å². The van der Waals surface area contributed by atoms with E-state index in [0.29, 0.717) is 6.20 Å². The molecule has 0 amide bonds. The Hall–Kier alpha value is -1.71. The van der Waals surface area contributed by atoms with Crippen molar-refractivity contribution in [2.75, 3.05) is 0 Å². The van der Waals surface area contributed by atoms with Gasteiger partial charge < -0.3 is 4.74 Å². The topological polar surface area (TPSA) is 65.3 Å². The first-order valence-electron chi connectivity index (χ1n) is 4.00. The minimum Gasteiger partial charge on any atom is -0.402 e. The number of ether oxygens (including phenoxy) is 1. The second-order valence-corrected chi connectivity index (χ2v) is 3.14. The molecule has 0 fully saturated rings. The van der Waals surface area contributed by atoms with Crippen molar-refractivity contribution in [3.05, 3.63) is 27.0 Å². The predicted molar refractivity (Wildman–Crippen MR) is 47.5 cm³/mol. The van der Waals surface area contributed by atoms with Gasteiger partial charge in [-0.25, -0.2) is 13.8 Å². The number of pyridine rings is 1. The first-order valence-corrected chi connectivity index (χ1v) is 4.38. The van der Waals surface area contributed by atoms with E-state index < -0.39 is 39.9 Å². The van der Waals surface area contributed by atoms with E-state index in [9.17, 15) is 32.1 Å². The van der Waals surface area contributed by atoms with E-state index in [1.165, 1.54) is 0 Å². The zero-order valence-electron chi connectivity index (χ0n) is 8.04. The van der Waals surface area contributed by atoms with E-state index >= 15 is 0 Å². The van der Waals surface area contributed by atoms with Gasteiger partial charge in [-0.05, 0) is 0 Å². The molecule has 0 aliphatic rings. The maximum Gasteiger partial charge on any atom is 0.573 e. The second-order valence-electron chi connectivity index (χ2n) is 2.78. The first kappa shape index (κ1) is 14.4. The SMILES string of the molecule is O=[N+]([O-])c1cnc(Cl)c(OC(F)(F)F)c1C(F)F. The molecule has 18 heavy (non-hydrogen) atoms. The number of rotatable bonds is 3. The van der Waals surface area contributed by atoms with Gasteiger partial charge in [-0.15, -0.1) is 13.2 Å². The van der Waals surface area contributed by atoms with Crippen molar-refractivity contribution in [1.82, 2.24) is 4.98 Å². The van der Waals surface area contributed by atoms with Crippen molar-refractivity contribution in [1.29, 1.82) is 0 Å². The number of aromatic nitrogens is 1. The van der Waals surface area contributed by atoms with Gasteiger partial charge in [0.15, 0.2) is 10.9 Å². The van der Waals surface area contributed by atoms with E-state index in [1.807, 2.05) is 0 Å². The van der Waals surface area contributed by atoms with Gasteiger partial charge >= 0.3 is 6.36 Å². The molecule has 0 saturated heterocycles. The van der Waals surface area contributed by atoms with Crippen LogP contribution in [0.4, 0.5) is 27.6 Å². The first-order chi connectivity index (χ1) is 8.13. The Balaban J connectivity index is 3.46. The molecule has 0 N–H and O–H groups in total. The average molecular weight is 293 g/mol. The molecule has 0 bridgehead atoms. The van der Waals surface area contributed by atoms with Crippen molar-refractivity contribution >= 4 is 17.3 Å². The van der Waals surface area contributed by atoms with Crippen LogP contribution in [0.2, 0.25) is 5.15 Å². The fourth-order valence-electron chi connectivity index (χ4n) is 1.04. The van der Waals surface area contributed by atoms with E-state index in [2.05, 4.69) is 9.72 Å². The summed E-state index contributed by atoms with van der Waals surface area (Å²) in [5.74, 6) is -1.58. The molecule has 0 aromatic carbocycles. The molecule has 1 heterocycles.